The Balaban J connectivity index is 1.99. The second kappa shape index (κ2) is 4.53. The predicted octanol–water partition coefficient (Wildman–Crippen LogP) is 2.12. The summed E-state index contributed by atoms with van der Waals surface area (Å²) in [6, 6.07) is 8.33. The molecule has 3 rings (SSSR count). The standard InChI is InChI=1S/C14H17N3O/c1-10-5-7-11(8-6-10)14-15-13-4-2-3-12(9-18)17(13)16-14/h5-8,12,18H,2-4,9H2,1H3. The molecule has 1 atom stereocenters. The molecule has 2 aromatic rings. The molecule has 1 aromatic heterocycles. The van der Waals surface area contributed by atoms with Gasteiger partial charge in [0.2, 0.25) is 0 Å². The molecule has 1 aliphatic rings. The van der Waals surface area contributed by atoms with E-state index in [1.165, 1.54) is 5.56 Å². The smallest absolute Gasteiger partial charge is 0.181 e. The van der Waals surface area contributed by atoms with Gasteiger partial charge in [-0.1, -0.05) is 29.8 Å². The van der Waals surface area contributed by atoms with Crippen molar-refractivity contribution < 1.29 is 5.11 Å². The van der Waals surface area contributed by atoms with Crippen molar-refractivity contribution in [2.45, 2.75) is 32.2 Å². The van der Waals surface area contributed by atoms with E-state index in [1.807, 2.05) is 16.8 Å². The van der Waals surface area contributed by atoms with Crippen molar-refractivity contribution in [2.24, 2.45) is 0 Å². The van der Waals surface area contributed by atoms with Crippen LogP contribution in [0, 0.1) is 6.92 Å². The zero-order valence-electron chi connectivity index (χ0n) is 10.5. The SMILES string of the molecule is Cc1ccc(-c2nc3n(n2)C(CO)CCC3)cc1. The van der Waals surface area contributed by atoms with Crippen molar-refractivity contribution in [2.75, 3.05) is 6.61 Å². The number of fused-ring (bicyclic) bond motifs is 1. The van der Waals surface area contributed by atoms with Gasteiger partial charge in [-0.3, -0.25) is 0 Å². The summed E-state index contributed by atoms with van der Waals surface area (Å²) in [6.07, 6.45) is 3.02. The first-order chi connectivity index (χ1) is 8.78. The Kier molecular flexibility index (Phi) is 2.88. The molecule has 0 spiro atoms. The van der Waals surface area contributed by atoms with Gasteiger partial charge in [0.25, 0.3) is 0 Å². The molecule has 1 unspecified atom stereocenters. The Morgan fingerprint density at radius 1 is 1.33 bits per heavy atom. The molecule has 0 aliphatic carbocycles. The van der Waals surface area contributed by atoms with E-state index in [-0.39, 0.29) is 12.6 Å². The van der Waals surface area contributed by atoms with Gasteiger partial charge in [0.05, 0.1) is 12.6 Å². The maximum atomic E-state index is 9.37. The van der Waals surface area contributed by atoms with Crippen LogP contribution in [0.5, 0.6) is 0 Å². The first kappa shape index (κ1) is 11.4. The Hall–Kier alpha value is -1.68. The van der Waals surface area contributed by atoms with Crippen LogP contribution >= 0.6 is 0 Å². The molecule has 1 N–H and O–H groups in total. The normalized spacial score (nSPS) is 18.7. The van der Waals surface area contributed by atoms with Crippen molar-refractivity contribution in [3.8, 4) is 11.4 Å². The molecule has 0 radical (unpaired) electrons. The van der Waals surface area contributed by atoms with Crippen LogP contribution in [0.3, 0.4) is 0 Å². The molecule has 0 saturated heterocycles. The summed E-state index contributed by atoms with van der Waals surface area (Å²) in [6.45, 7) is 2.21. The number of aliphatic hydroxyl groups is 1. The van der Waals surface area contributed by atoms with Gasteiger partial charge in [0.15, 0.2) is 5.82 Å². The van der Waals surface area contributed by atoms with Gasteiger partial charge < -0.3 is 5.11 Å². The minimum Gasteiger partial charge on any atom is -0.394 e. The van der Waals surface area contributed by atoms with Crippen molar-refractivity contribution in [1.29, 1.82) is 0 Å². The fourth-order valence-corrected chi connectivity index (χ4v) is 2.43. The zero-order chi connectivity index (χ0) is 12.5. The highest BCUT2D eigenvalue weighted by molar-refractivity contribution is 5.55. The lowest BCUT2D eigenvalue weighted by Crippen LogP contribution is -2.21. The maximum absolute atomic E-state index is 9.37. The van der Waals surface area contributed by atoms with E-state index >= 15 is 0 Å². The topological polar surface area (TPSA) is 50.9 Å². The molecule has 1 aliphatic heterocycles. The summed E-state index contributed by atoms with van der Waals surface area (Å²) >= 11 is 0. The number of rotatable bonds is 2. The summed E-state index contributed by atoms with van der Waals surface area (Å²) in [4.78, 5) is 4.59. The lowest BCUT2D eigenvalue weighted by Gasteiger charge is -2.20. The van der Waals surface area contributed by atoms with E-state index < -0.39 is 0 Å². The highest BCUT2D eigenvalue weighted by atomic mass is 16.3. The molecular weight excluding hydrogens is 226 g/mol. The highest BCUT2D eigenvalue weighted by Crippen LogP contribution is 2.25. The number of aliphatic hydroxyl groups excluding tert-OH is 1. The summed E-state index contributed by atoms with van der Waals surface area (Å²) in [5, 5.41) is 13.9. The molecule has 0 fully saturated rings. The molecule has 2 heterocycles. The van der Waals surface area contributed by atoms with Gasteiger partial charge >= 0.3 is 0 Å². The molecule has 4 nitrogen and oxygen atoms in total. The monoisotopic (exact) mass is 243 g/mol. The summed E-state index contributed by atoms with van der Waals surface area (Å²) < 4.78 is 1.90. The van der Waals surface area contributed by atoms with Crippen LogP contribution in [0.15, 0.2) is 24.3 Å². The average Bonchev–Trinajstić information content (AvgIpc) is 2.83. The van der Waals surface area contributed by atoms with Crippen LogP contribution < -0.4 is 0 Å². The molecule has 4 heteroatoms. The van der Waals surface area contributed by atoms with Crippen molar-refractivity contribution in [3.05, 3.63) is 35.7 Å². The Morgan fingerprint density at radius 3 is 2.83 bits per heavy atom. The Labute approximate surface area is 106 Å². The number of hydrogen-bond acceptors (Lipinski definition) is 3. The molecule has 0 saturated carbocycles. The minimum atomic E-state index is 0.0976. The van der Waals surface area contributed by atoms with Gasteiger partial charge in [-0.05, 0) is 19.8 Å². The van der Waals surface area contributed by atoms with E-state index in [1.54, 1.807) is 0 Å². The van der Waals surface area contributed by atoms with Gasteiger partial charge in [-0.2, -0.15) is 5.10 Å². The lowest BCUT2D eigenvalue weighted by atomic mass is 10.1. The predicted molar refractivity (Wildman–Crippen MR) is 69.3 cm³/mol. The number of nitrogens with zero attached hydrogens (tertiary/aromatic N) is 3. The third-order valence-electron chi connectivity index (χ3n) is 3.51. The molecule has 1 aromatic carbocycles. The Morgan fingerprint density at radius 2 is 2.11 bits per heavy atom. The molecule has 0 bridgehead atoms. The van der Waals surface area contributed by atoms with Crippen LogP contribution in [0.2, 0.25) is 0 Å². The number of aromatic nitrogens is 3. The van der Waals surface area contributed by atoms with Crippen LogP contribution in [-0.4, -0.2) is 26.5 Å². The first-order valence-electron chi connectivity index (χ1n) is 6.41. The van der Waals surface area contributed by atoms with E-state index in [4.69, 9.17) is 0 Å². The van der Waals surface area contributed by atoms with Gasteiger partial charge in [-0.15, -0.1) is 0 Å². The fourth-order valence-electron chi connectivity index (χ4n) is 2.43. The van der Waals surface area contributed by atoms with Crippen molar-refractivity contribution in [1.82, 2.24) is 14.8 Å². The second-order valence-electron chi connectivity index (χ2n) is 4.89. The largest absolute Gasteiger partial charge is 0.394 e. The molecular formula is C14H17N3O. The lowest BCUT2D eigenvalue weighted by molar-refractivity contribution is 0.195. The molecule has 94 valence electrons. The van der Waals surface area contributed by atoms with Crippen LogP contribution in [0.4, 0.5) is 0 Å². The number of hydrogen-bond donors (Lipinski definition) is 1. The third-order valence-corrected chi connectivity index (χ3v) is 3.51. The number of benzene rings is 1. The van der Waals surface area contributed by atoms with Crippen LogP contribution in [0.25, 0.3) is 11.4 Å². The van der Waals surface area contributed by atoms with E-state index in [2.05, 4.69) is 29.1 Å². The quantitative estimate of drug-likeness (QED) is 0.879. The summed E-state index contributed by atoms with van der Waals surface area (Å²) in [5.41, 5.74) is 2.27. The first-order valence-corrected chi connectivity index (χ1v) is 6.41. The van der Waals surface area contributed by atoms with Gasteiger partial charge in [-0.25, -0.2) is 9.67 Å². The highest BCUT2D eigenvalue weighted by Gasteiger charge is 2.22. The average molecular weight is 243 g/mol. The molecule has 18 heavy (non-hydrogen) atoms. The number of aryl methyl sites for hydroxylation is 2. The molecule has 0 amide bonds. The van der Waals surface area contributed by atoms with Gasteiger partial charge in [0.1, 0.15) is 5.82 Å². The van der Waals surface area contributed by atoms with Crippen molar-refractivity contribution >= 4 is 0 Å². The van der Waals surface area contributed by atoms with E-state index in [0.717, 1.165) is 36.5 Å². The zero-order valence-corrected chi connectivity index (χ0v) is 10.5. The van der Waals surface area contributed by atoms with E-state index in [0.29, 0.717) is 0 Å². The van der Waals surface area contributed by atoms with Crippen molar-refractivity contribution in [3.63, 3.8) is 0 Å². The van der Waals surface area contributed by atoms with Crippen LogP contribution in [0.1, 0.15) is 30.3 Å². The fraction of sp³-hybridized carbons (Fsp3) is 0.429. The Bertz CT molecular complexity index is 545. The third kappa shape index (κ3) is 1.93. The van der Waals surface area contributed by atoms with E-state index in [9.17, 15) is 5.11 Å². The van der Waals surface area contributed by atoms with Gasteiger partial charge in [0, 0.05) is 12.0 Å². The second-order valence-corrected chi connectivity index (χ2v) is 4.89. The summed E-state index contributed by atoms with van der Waals surface area (Å²) in [5.74, 6) is 1.77. The summed E-state index contributed by atoms with van der Waals surface area (Å²) in [7, 11) is 0. The van der Waals surface area contributed by atoms with Crippen LogP contribution in [-0.2, 0) is 6.42 Å². The minimum absolute atomic E-state index is 0.0976. The maximum Gasteiger partial charge on any atom is 0.181 e.